The first kappa shape index (κ1) is 17.6. The lowest BCUT2D eigenvalue weighted by molar-refractivity contribution is 1.12. The average Bonchev–Trinajstić information content (AvgIpc) is 3.01. The third-order valence-electron chi connectivity index (χ3n) is 4.47. The first-order valence-corrected chi connectivity index (χ1v) is 8.17. The van der Waals surface area contributed by atoms with Crippen LogP contribution in [0.2, 0.25) is 0 Å². The molecule has 0 saturated carbocycles. The molecule has 4 aromatic rings. The van der Waals surface area contributed by atoms with Crippen molar-refractivity contribution < 1.29 is 0 Å². The molecule has 0 aliphatic rings. The quantitative estimate of drug-likeness (QED) is 0.499. The van der Waals surface area contributed by atoms with Crippen LogP contribution >= 0.6 is 0 Å². The van der Waals surface area contributed by atoms with Crippen LogP contribution in [0, 0.1) is 20.8 Å². The lowest BCUT2D eigenvalue weighted by atomic mass is 9.92. The highest BCUT2D eigenvalue weighted by Crippen LogP contribution is 2.35. The van der Waals surface area contributed by atoms with Crippen LogP contribution in [0.5, 0.6) is 0 Å². The standard InChI is InChI=1S/C20H19N5.H3N/c1-11-6-12(2)18(13(3)7-11)19-16(10-22-20(21)24-19)14-4-5-17-15(8-14)9-23-25-17;/h4-10H,1-3H3,(H,23,25)(H2,21,22,24);1H3. The first-order chi connectivity index (χ1) is 12.0. The lowest BCUT2D eigenvalue weighted by Gasteiger charge is -2.15. The number of anilines is 1. The summed E-state index contributed by atoms with van der Waals surface area (Å²) in [4.78, 5) is 8.81. The van der Waals surface area contributed by atoms with Gasteiger partial charge in [0.15, 0.2) is 0 Å². The van der Waals surface area contributed by atoms with Gasteiger partial charge in [-0.25, -0.2) is 9.97 Å². The number of nitrogens with one attached hydrogen (secondary N) is 1. The molecule has 0 unspecified atom stereocenters. The van der Waals surface area contributed by atoms with Crippen LogP contribution in [0.3, 0.4) is 0 Å². The van der Waals surface area contributed by atoms with E-state index in [1.165, 1.54) is 16.7 Å². The van der Waals surface area contributed by atoms with Crippen molar-refractivity contribution in [2.75, 3.05) is 5.73 Å². The molecule has 26 heavy (non-hydrogen) atoms. The second-order valence-corrected chi connectivity index (χ2v) is 6.44. The summed E-state index contributed by atoms with van der Waals surface area (Å²) in [5.41, 5.74) is 14.5. The number of aromatic nitrogens is 4. The summed E-state index contributed by atoms with van der Waals surface area (Å²) in [5.74, 6) is 0.280. The number of H-pyrrole nitrogens is 1. The van der Waals surface area contributed by atoms with Gasteiger partial charge in [-0.2, -0.15) is 5.10 Å². The summed E-state index contributed by atoms with van der Waals surface area (Å²) in [6.45, 7) is 6.32. The van der Waals surface area contributed by atoms with Crippen LogP contribution < -0.4 is 11.9 Å². The zero-order valence-corrected chi connectivity index (χ0v) is 15.2. The zero-order chi connectivity index (χ0) is 17.6. The average molecular weight is 346 g/mol. The molecule has 2 aromatic heterocycles. The minimum atomic E-state index is 0. The molecule has 0 fully saturated rings. The Hall–Kier alpha value is -3.25. The fourth-order valence-electron chi connectivity index (χ4n) is 3.46. The van der Waals surface area contributed by atoms with E-state index < -0.39 is 0 Å². The molecule has 0 atom stereocenters. The summed E-state index contributed by atoms with van der Waals surface area (Å²) in [5, 5.41) is 8.12. The molecule has 6 N–H and O–H groups in total. The lowest BCUT2D eigenvalue weighted by Crippen LogP contribution is -2.01. The fraction of sp³-hybridized carbons (Fsp3) is 0.150. The molecule has 0 bridgehead atoms. The molecule has 2 aromatic carbocycles. The minimum absolute atomic E-state index is 0. The maximum Gasteiger partial charge on any atom is 0.220 e. The van der Waals surface area contributed by atoms with Crippen molar-refractivity contribution in [2.24, 2.45) is 0 Å². The van der Waals surface area contributed by atoms with Crippen LogP contribution in [0.15, 0.2) is 42.7 Å². The van der Waals surface area contributed by atoms with Gasteiger partial charge in [-0.15, -0.1) is 0 Å². The number of aromatic amines is 1. The fourth-order valence-corrected chi connectivity index (χ4v) is 3.46. The smallest absolute Gasteiger partial charge is 0.220 e. The Morgan fingerprint density at radius 2 is 1.69 bits per heavy atom. The highest BCUT2D eigenvalue weighted by molar-refractivity contribution is 5.89. The first-order valence-electron chi connectivity index (χ1n) is 8.17. The van der Waals surface area contributed by atoms with Gasteiger partial charge in [-0.1, -0.05) is 23.8 Å². The van der Waals surface area contributed by atoms with Crippen molar-refractivity contribution in [3.05, 3.63) is 59.4 Å². The topological polar surface area (TPSA) is 115 Å². The molecule has 132 valence electrons. The summed E-state index contributed by atoms with van der Waals surface area (Å²) < 4.78 is 0. The Morgan fingerprint density at radius 3 is 2.42 bits per heavy atom. The number of benzene rings is 2. The zero-order valence-electron chi connectivity index (χ0n) is 15.2. The van der Waals surface area contributed by atoms with E-state index in [2.05, 4.69) is 65.2 Å². The maximum absolute atomic E-state index is 5.91. The molecule has 0 radical (unpaired) electrons. The van der Waals surface area contributed by atoms with Crippen molar-refractivity contribution >= 4 is 16.9 Å². The van der Waals surface area contributed by atoms with Crippen LogP contribution in [0.25, 0.3) is 33.3 Å². The minimum Gasteiger partial charge on any atom is -0.368 e. The molecular formula is C20H22N6. The Morgan fingerprint density at radius 1 is 0.962 bits per heavy atom. The Labute approximate surface area is 152 Å². The van der Waals surface area contributed by atoms with E-state index in [0.717, 1.165) is 33.3 Å². The second kappa shape index (κ2) is 6.57. The van der Waals surface area contributed by atoms with E-state index in [4.69, 9.17) is 5.73 Å². The second-order valence-electron chi connectivity index (χ2n) is 6.44. The van der Waals surface area contributed by atoms with Gasteiger partial charge in [0, 0.05) is 22.7 Å². The molecule has 4 rings (SSSR count). The molecule has 0 spiro atoms. The highest BCUT2D eigenvalue weighted by atomic mass is 15.1. The van der Waals surface area contributed by atoms with E-state index in [1.54, 1.807) is 6.20 Å². The predicted octanol–water partition coefficient (Wildman–Crippen LogP) is 4.36. The highest BCUT2D eigenvalue weighted by Gasteiger charge is 2.16. The third kappa shape index (κ3) is 2.91. The van der Waals surface area contributed by atoms with Crippen LogP contribution in [-0.2, 0) is 0 Å². The largest absolute Gasteiger partial charge is 0.368 e. The number of aryl methyl sites for hydroxylation is 3. The van der Waals surface area contributed by atoms with Gasteiger partial charge in [-0.3, -0.25) is 5.10 Å². The Balaban J connectivity index is 0.00000196. The molecule has 0 saturated heterocycles. The number of rotatable bonds is 2. The van der Waals surface area contributed by atoms with Crippen molar-refractivity contribution in [2.45, 2.75) is 20.8 Å². The monoisotopic (exact) mass is 346 g/mol. The van der Waals surface area contributed by atoms with Crippen LogP contribution in [0.1, 0.15) is 16.7 Å². The molecule has 0 amide bonds. The van der Waals surface area contributed by atoms with E-state index in [1.807, 2.05) is 12.3 Å². The van der Waals surface area contributed by atoms with Crippen molar-refractivity contribution in [3.8, 4) is 22.4 Å². The van der Waals surface area contributed by atoms with Gasteiger partial charge in [0.2, 0.25) is 5.95 Å². The summed E-state index contributed by atoms with van der Waals surface area (Å²) in [7, 11) is 0. The number of nitrogens with two attached hydrogens (primary N) is 1. The maximum atomic E-state index is 5.91. The third-order valence-corrected chi connectivity index (χ3v) is 4.47. The van der Waals surface area contributed by atoms with Gasteiger partial charge in [0.25, 0.3) is 0 Å². The number of fused-ring (bicyclic) bond motifs is 1. The number of nitrogens with zero attached hydrogens (tertiary/aromatic N) is 3. The van der Waals surface area contributed by atoms with E-state index in [0.29, 0.717) is 0 Å². The van der Waals surface area contributed by atoms with Crippen LogP contribution in [0.4, 0.5) is 5.95 Å². The predicted molar refractivity (Wildman–Crippen MR) is 106 cm³/mol. The molecule has 0 aliphatic heterocycles. The van der Waals surface area contributed by atoms with Gasteiger partial charge in [0.05, 0.1) is 17.4 Å². The molecular weight excluding hydrogens is 324 g/mol. The summed E-state index contributed by atoms with van der Waals surface area (Å²) in [6, 6.07) is 10.5. The van der Waals surface area contributed by atoms with Crippen LogP contribution in [-0.4, -0.2) is 20.2 Å². The van der Waals surface area contributed by atoms with Crippen molar-refractivity contribution in [3.63, 3.8) is 0 Å². The van der Waals surface area contributed by atoms with E-state index in [-0.39, 0.29) is 12.1 Å². The van der Waals surface area contributed by atoms with Crippen molar-refractivity contribution in [1.82, 2.24) is 26.3 Å². The van der Waals surface area contributed by atoms with Crippen molar-refractivity contribution in [1.29, 1.82) is 0 Å². The molecule has 6 heteroatoms. The van der Waals surface area contributed by atoms with Gasteiger partial charge >= 0.3 is 0 Å². The number of hydrogen-bond acceptors (Lipinski definition) is 5. The normalized spacial score (nSPS) is 10.7. The molecule has 6 nitrogen and oxygen atoms in total. The van der Waals surface area contributed by atoms with Gasteiger partial charge < -0.3 is 11.9 Å². The van der Waals surface area contributed by atoms with Gasteiger partial charge in [0.1, 0.15) is 0 Å². The molecule has 0 aliphatic carbocycles. The van der Waals surface area contributed by atoms with Gasteiger partial charge in [-0.05, 0) is 49.6 Å². The Kier molecular flexibility index (Phi) is 4.44. The summed E-state index contributed by atoms with van der Waals surface area (Å²) in [6.07, 6.45) is 3.62. The summed E-state index contributed by atoms with van der Waals surface area (Å²) >= 11 is 0. The van der Waals surface area contributed by atoms with E-state index in [9.17, 15) is 0 Å². The Bertz CT molecular complexity index is 1070. The number of nitrogen functional groups attached to an aromatic ring is 1. The van der Waals surface area contributed by atoms with E-state index >= 15 is 0 Å². The SMILES string of the molecule is Cc1cc(C)c(-c2nc(N)ncc2-c2ccc3[nH]ncc3c2)c(C)c1.N. The number of hydrogen-bond donors (Lipinski definition) is 3. The molecule has 2 heterocycles.